The molecule has 0 unspecified atom stereocenters. The molecule has 21 heavy (non-hydrogen) atoms. The lowest BCUT2D eigenvalue weighted by Crippen LogP contribution is -2.21. The van der Waals surface area contributed by atoms with Crippen LogP contribution in [0.15, 0.2) is 18.2 Å². The van der Waals surface area contributed by atoms with Gasteiger partial charge in [0, 0.05) is 6.54 Å². The van der Waals surface area contributed by atoms with Gasteiger partial charge in [0.2, 0.25) is 5.82 Å². The highest BCUT2D eigenvalue weighted by Crippen LogP contribution is 2.33. The van der Waals surface area contributed by atoms with E-state index in [-0.39, 0.29) is 28.6 Å². The molecule has 1 aromatic carbocycles. The molecule has 0 amide bonds. The van der Waals surface area contributed by atoms with E-state index in [1.807, 2.05) is 20.8 Å². The largest absolute Gasteiger partial charge is 0.478 e. The van der Waals surface area contributed by atoms with Crippen molar-refractivity contribution in [3.8, 4) is 0 Å². The third-order valence-corrected chi connectivity index (χ3v) is 2.88. The summed E-state index contributed by atoms with van der Waals surface area (Å²) < 4.78 is 40.5. The molecule has 4 nitrogen and oxygen atoms in total. The number of hydrogen-bond donors (Lipinski definition) is 1. The number of halogens is 3. The van der Waals surface area contributed by atoms with E-state index in [0.29, 0.717) is 0 Å². The molecule has 0 spiro atoms. The van der Waals surface area contributed by atoms with Gasteiger partial charge < -0.3 is 9.67 Å². The molecule has 0 saturated heterocycles. The summed E-state index contributed by atoms with van der Waals surface area (Å²) in [6.07, 6.45) is -4.59. The van der Waals surface area contributed by atoms with E-state index in [1.54, 1.807) is 0 Å². The summed E-state index contributed by atoms with van der Waals surface area (Å²) in [5.41, 5.74) is -0.149. The third kappa shape index (κ3) is 3.17. The Labute approximate surface area is 119 Å². The maximum atomic E-state index is 13.1. The van der Waals surface area contributed by atoms with Crippen molar-refractivity contribution in [3.63, 3.8) is 0 Å². The molecule has 2 aromatic rings. The molecule has 114 valence electrons. The zero-order valence-corrected chi connectivity index (χ0v) is 11.8. The molecule has 0 aliphatic heterocycles. The van der Waals surface area contributed by atoms with Crippen LogP contribution in [-0.2, 0) is 12.7 Å². The Balaban J connectivity index is 2.70. The third-order valence-electron chi connectivity index (χ3n) is 2.88. The summed E-state index contributed by atoms with van der Waals surface area (Å²) in [6.45, 7) is 5.60. The molecule has 0 radical (unpaired) electrons. The summed E-state index contributed by atoms with van der Waals surface area (Å²) in [5.74, 6) is -2.20. The van der Waals surface area contributed by atoms with Crippen LogP contribution in [0.1, 0.15) is 37.0 Å². The molecule has 0 bridgehead atoms. The highest BCUT2D eigenvalue weighted by atomic mass is 19.4. The predicted octanol–water partition coefficient (Wildman–Crippen LogP) is 3.80. The fourth-order valence-electron chi connectivity index (χ4n) is 2.11. The highest BCUT2D eigenvalue weighted by molar-refractivity contribution is 5.92. The van der Waals surface area contributed by atoms with Crippen LogP contribution in [0.25, 0.3) is 11.0 Å². The van der Waals surface area contributed by atoms with Crippen LogP contribution in [0.4, 0.5) is 13.2 Å². The highest BCUT2D eigenvalue weighted by Gasteiger charge is 2.38. The Hall–Kier alpha value is -2.05. The number of aromatic carboxylic acids is 1. The molecule has 1 heterocycles. The van der Waals surface area contributed by atoms with Crippen molar-refractivity contribution in [2.75, 3.05) is 0 Å². The number of carbonyl (C=O) groups is 1. The van der Waals surface area contributed by atoms with Gasteiger partial charge in [-0.3, -0.25) is 0 Å². The minimum absolute atomic E-state index is 0.0338. The minimum atomic E-state index is -4.59. The standard InChI is InChI=1S/C14H15F3N2O2/c1-13(2,3)7-19-10-5-4-8(11(20)21)6-9(10)18-12(19)14(15,16)17/h4-6H,7H2,1-3H3,(H,20,21). The number of carboxylic acids is 1. The molecule has 1 N–H and O–H groups in total. The second-order valence-electron chi connectivity index (χ2n) is 6.09. The Kier molecular flexibility index (Phi) is 3.47. The van der Waals surface area contributed by atoms with Crippen molar-refractivity contribution in [3.05, 3.63) is 29.6 Å². The number of benzene rings is 1. The van der Waals surface area contributed by atoms with Crippen molar-refractivity contribution < 1.29 is 23.1 Å². The smallest absolute Gasteiger partial charge is 0.449 e. The SMILES string of the molecule is CC(C)(C)Cn1c(C(F)(F)F)nc2cc(C(=O)O)ccc21. The molecular weight excluding hydrogens is 285 g/mol. The zero-order valence-electron chi connectivity index (χ0n) is 11.8. The topological polar surface area (TPSA) is 55.1 Å². The van der Waals surface area contributed by atoms with E-state index < -0.39 is 18.0 Å². The molecule has 0 aliphatic carbocycles. The van der Waals surface area contributed by atoms with E-state index in [1.165, 1.54) is 12.1 Å². The summed E-state index contributed by atoms with van der Waals surface area (Å²) in [4.78, 5) is 14.5. The second-order valence-corrected chi connectivity index (χ2v) is 6.09. The van der Waals surface area contributed by atoms with Gasteiger partial charge >= 0.3 is 12.1 Å². The van der Waals surface area contributed by atoms with Crippen LogP contribution in [0.2, 0.25) is 0 Å². The lowest BCUT2D eigenvalue weighted by Gasteiger charge is -2.21. The van der Waals surface area contributed by atoms with Gasteiger partial charge in [-0.25, -0.2) is 9.78 Å². The number of alkyl halides is 3. The number of rotatable bonds is 2. The maximum absolute atomic E-state index is 13.1. The molecular formula is C14H15F3N2O2. The van der Waals surface area contributed by atoms with Crippen molar-refractivity contribution >= 4 is 17.0 Å². The Morgan fingerprint density at radius 1 is 1.29 bits per heavy atom. The fraction of sp³-hybridized carbons (Fsp3) is 0.429. The Bertz CT molecular complexity index is 697. The number of hydrogen-bond acceptors (Lipinski definition) is 2. The average Bonchev–Trinajstić information content (AvgIpc) is 2.65. The number of imidazole rings is 1. The van der Waals surface area contributed by atoms with Crippen LogP contribution < -0.4 is 0 Å². The monoisotopic (exact) mass is 300 g/mol. The van der Waals surface area contributed by atoms with Crippen LogP contribution in [0.3, 0.4) is 0 Å². The molecule has 0 atom stereocenters. The molecule has 0 aliphatic rings. The maximum Gasteiger partial charge on any atom is 0.449 e. The summed E-state index contributed by atoms with van der Waals surface area (Å²) in [6, 6.07) is 3.81. The van der Waals surface area contributed by atoms with Gasteiger partial charge in [-0.2, -0.15) is 13.2 Å². The van der Waals surface area contributed by atoms with Crippen molar-refractivity contribution in [1.29, 1.82) is 0 Å². The lowest BCUT2D eigenvalue weighted by molar-refractivity contribution is -0.147. The first-order valence-electron chi connectivity index (χ1n) is 6.30. The number of fused-ring (bicyclic) bond motifs is 1. The van der Waals surface area contributed by atoms with Gasteiger partial charge in [-0.05, 0) is 23.6 Å². The number of carboxylic acid groups (broad SMARTS) is 1. The van der Waals surface area contributed by atoms with Crippen LogP contribution in [0.5, 0.6) is 0 Å². The second kappa shape index (κ2) is 4.75. The van der Waals surface area contributed by atoms with Crippen LogP contribution >= 0.6 is 0 Å². The van der Waals surface area contributed by atoms with Gasteiger partial charge in [-0.1, -0.05) is 20.8 Å². The van der Waals surface area contributed by atoms with Crippen LogP contribution in [-0.4, -0.2) is 20.6 Å². The summed E-state index contributed by atoms with van der Waals surface area (Å²) >= 11 is 0. The molecule has 0 fully saturated rings. The first-order valence-corrected chi connectivity index (χ1v) is 6.30. The normalized spacial score (nSPS) is 12.9. The summed E-state index contributed by atoms with van der Waals surface area (Å²) in [7, 11) is 0. The fourth-order valence-corrected chi connectivity index (χ4v) is 2.11. The zero-order chi connectivity index (χ0) is 16.0. The van der Waals surface area contributed by atoms with E-state index >= 15 is 0 Å². The molecule has 7 heteroatoms. The first-order chi connectivity index (χ1) is 9.49. The number of nitrogens with zero attached hydrogens (tertiary/aromatic N) is 2. The van der Waals surface area contributed by atoms with Crippen molar-refractivity contribution in [1.82, 2.24) is 9.55 Å². The Morgan fingerprint density at radius 3 is 2.38 bits per heavy atom. The lowest BCUT2D eigenvalue weighted by atomic mass is 9.96. The number of aromatic nitrogens is 2. The van der Waals surface area contributed by atoms with E-state index in [0.717, 1.165) is 10.6 Å². The van der Waals surface area contributed by atoms with Gasteiger partial charge in [0.05, 0.1) is 16.6 Å². The van der Waals surface area contributed by atoms with Gasteiger partial charge in [0.1, 0.15) is 0 Å². The average molecular weight is 300 g/mol. The van der Waals surface area contributed by atoms with Crippen molar-refractivity contribution in [2.45, 2.75) is 33.5 Å². The first kappa shape index (κ1) is 15.3. The summed E-state index contributed by atoms with van der Waals surface area (Å²) in [5, 5.41) is 8.91. The van der Waals surface area contributed by atoms with Gasteiger partial charge in [-0.15, -0.1) is 0 Å². The predicted molar refractivity (Wildman–Crippen MR) is 71.1 cm³/mol. The van der Waals surface area contributed by atoms with Gasteiger partial charge in [0.15, 0.2) is 0 Å². The van der Waals surface area contributed by atoms with Gasteiger partial charge in [0.25, 0.3) is 0 Å². The molecule has 1 aromatic heterocycles. The quantitative estimate of drug-likeness (QED) is 0.917. The van der Waals surface area contributed by atoms with Crippen LogP contribution in [0, 0.1) is 5.41 Å². The van der Waals surface area contributed by atoms with Crippen molar-refractivity contribution in [2.24, 2.45) is 5.41 Å². The van der Waals surface area contributed by atoms with E-state index in [4.69, 9.17) is 5.11 Å². The molecule has 0 saturated carbocycles. The van der Waals surface area contributed by atoms with E-state index in [2.05, 4.69) is 4.98 Å². The molecule has 2 rings (SSSR count). The Morgan fingerprint density at radius 2 is 1.90 bits per heavy atom. The minimum Gasteiger partial charge on any atom is -0.478 e. The van der Waals surface area contributed by atoms with E-state index in [9.17, 15) is 18.0 Å².